The molecule has 18 heavy (non-hydrogen) atoms. The summed E-state index contributed by atoms with van der Waals surface area (Å²) in [5, 5.41) is 2.49. The van der Waals surface area contributed by atoms with Gasteiger partial charge in [0, 0.05) is 11.6 Å². The Labute approximate surface area is 109 Å². The molecule has 0 saturated heterocycles. The van der Waals surface area contributed by atoms with E-state index < -0.39 is 10.0 Å². The summed E-state index contributed by atoms with van der Waals surface area (Å²) < 4.78 is 38.6. The summed E-state index contributed by atoms with van der Waals surface area (Å²) in [7, 11) is -3.43. The number of aromatic nitrogens is 1. The Hall–Kier alpha value is -1.31. The van der Waals surface area contributed by atoms with Gasteiger partial charge in [0.05, 0.1) is 12.3 Å². The molecule has 1 aromatic heterocycles. The molecule has 0 bridgehead atoms. The number of nitrogens with one attached hydrogen (secondary N) is 1. The third-order valence-corrected chi connectivity index (χ3v) is 4.27. The normalized spacial score (nSPS) is 11.6. The zero-order valence-corrected chi connectivity index (χ0v) is 11.0. The van der Waals surface area contributed by atoms with Crippen LogP contribution >= 0.6 is 11.3 Å². The number of rotatable bonds is 5. The van der Waals surface area contributed by atoms with Crippen LogP contribution in [0.2, 0.25) is 0 Å². The predicted octanol–water partition coefficient (Wildman–Crippen LogP) is 1.90. The molecule has 7 heteroatoms. The molecule has 0 aliphatic carbocycles. The average molecular weight is 286 g/mol. The lowest BCUT2D eigenvalue weighted by atomic mass is 10.2. The first-order chi connectivity index (χ1) is 8.55. The summed E-state index contributed by atoms with van der Waals surface area (Å²) in [5.74, 6) is -0.551. The van der Waals surface area contributed by atoms with Crippen molar-refractivity contribution in [2.45, 2.75) is 12.3 Å². The summed E-state index contributed by atoms with van der Waals surface area (Å²) in [6.45, 7) is 0.182. The van der Waals surface area contributed by atoms with E-state index in [0.717, 1.165) is 0 Å². The summed E-state index contributed by atoms with van der Waals surface area (Å²) in [4.78, 5) is 3.98. The first kappa shape index (κ1) is 13.1. The molecule has 4 nitrogen and oxygen atoms in total. The summed E-state index contributed by atoms with van der Waals surface area (Å²) in [5.41, 5.74) is 0.544. The maximum absolute atomic E-state index is 12.7. The third-order valence-electron chi connectivity index (χ3n) is 2.20. The highest BCUT2D eigenvalue weighted by molar-refractivity contribution is 7.88. The average Bonchev–Trinajstić information content (AvgIpc) is 2.83. The standard InChI is InChI=1S/C11H11FN2O2S2/c12-10-3-1-9(2-4-10)8-18(15,16)14-7-11-13-5-6-17-11/h1-6,14H,7-8H2. The maximum Gasteiger partial charge on any atom is 0.216 e. The Bertz CT molecular complexity index is 594. The molecule has 1 aromatic carbocycles. The van der Waals surface area contributed by atoms with Crippen LogP contribution in [0.1, 0.15) is 10.6 Å². The lowest BCUT2D eigenvalue weighted by Crippen LogP contribution is -2.24. The van der Waals surface area contributed by atoms with E-state index in [1.165, 1.54) is 35.6 Å². The molecular formula is C11H11FN2O2S2. The highest BCUT2D eigenvalue weighted by Crippen LogP contribution is 2.08. The predicted molar refractivity (Wildman–Crippen MR) is 68.0 cm³/mol. The van der Waals surface area contributed by atoms with Gasteiger partial charge in [-0.2, -0.15) is 0 Å². The molecule has 0 radical (unpaired) electrons. The summed E-state index contributed by atoms with van der Waals surface area (Å²) in [6, 6.07) is 5.40. The fraction of sp³-hybridized carbons (Fsp3) is 0.182. The van der Waals surface area contributed by atoms with Gasteiger partial charge in [0.1, 0.15) is 10.8 Å². The fourth-order valence-corrected chi connectivity index (χ4v) is 3.10. The van der Waals surface area contributed by atoms with Crippen molar-refractivity contribution in [2.75, 3.05) is 0 Å². The van der Waals surface area contributed by atoms with Crippen molar-refractivity contribution in [3.05, 3.63) is 52.2 Å². The van der Waals surface area contributed by atoms with E-state index in [1.54, 1.807) is 11.6 Å². The molecule has 96 valence electrons. The third kappa shape index (κ3) is 3.86. The highest BCUT2D eigenvalue weighted by atomic mass is 32.2. The molecule has 0 fully saturated rings. The van der Waals surface area contributed by atoms with E-state index in [1.807, 2.05) is 0 Å². The van der Waals surface area contributed by atoms with Crippen LogP contribution in [0, 0.1) is 5.82 Å². The van der Waals surface area contributed by atoms with Gasteiger partial charge in [0.2, 0.25) is 10.0 Å². The number of sulfonamides is 1. The van der Waals surface area contributed by atoms with E-state index in [-0.39, 0.29) is 18.1 Å². The molecule has 0 unspecified atom stereocenters. The zero-order chi connectivity index (χ0) is 13.0. The van der Waals surface area contributed by atoms with Crippen LogP contribution in [0.4, 0.5) is 4.39 Å². The van der Waals surface area contributed by atoms with Gasteiger partial charge in [-0.3, -0.25) is 0 Å². The Morgan fingerprint density at radius 1 is 1.28 bits per heavy atom. The van der Waals surface area contributed by atoms with Gasteiger partial charge in [0.15, 0.2) is 0 Å². The van der Waals surface area contributed by atoms with E-state index >= 15 is 0 Å². The minimum atomic E-state index is -3.43. The molecule has 2 aromatic rings. The zero-order valence-electron chi connectivity index (χ0n) is 9.34. The molecule has 0 amide bonds. The lowest BCUT2D eigenvalue weighted by molar-refractivity contribution is 0.580. The number of nitrogens with zero attached hydrogens (tertiary/aromatic N) is 1. The Kier molecular flexibility index (Phi) is 4.05. The molecule has 0 aliphatic rings. The van der Waals surface area contributed by atoms with Crippen molar-refractivity contribution in [1.82, 2.24) is 9.71 Å². The van der Waals surface area contributed by atoms with E-state index in [4.69, 9.17) is 0 Å². The minimum absolute atomic E-state index is 0.168. The molecular weight excluding hydrogens is 275 g/mol. The van der Waals surface area contributed by atoms with Gasteiger partial charge in [-0.25, -0.2) is 22.5 Å². The van der Waals surface area contributed by atoms with Crippen LogP contribution < -0.4 is 4.72 Å². The SMILES string of the molecule is O=S(=O)(Cc1ccc(F)cc1)NCc1nccs1. The van der Waals surface area contributed by atoms with Crippen LogP contribution in [0.15, 0.2) is 35.8 Å². The van der Waals surface area contributed by atoms with Crippen LogP contribution in [0.25, 0.3) is 0 Å². The van der Waals surface area contributed by atoms with Crippen LogP contribution in [0.3, 0.4) is 0 Å². The number of benzene rings is 1. The molecule has 0 atom stereocenters. The van der Waals surface area contributed by atoms with Gasteiger partial charge in [-0.15, -0.1) is 11.3 Å². The van der Waals surface area contributed by atoms with Crippen molar-refractivity contribution >= 4 is 21.4 Å². The van der Waals surface area contributed by atoms with Gasteiger partial charge in [-0.1, -0.05) is 12.1 Å². The second-order valence-corrected chi connectivity index (χ2v) is 6.42. The van der Waals surface area contributed by atoms with Crippen LogP contribution in [-0.2, 0) is 22.3 Å². The Balaban J connectivity index is 1.97. The van der Waals surface area contributed by atoms with Gasteiger partial charge < -0.3 is 0 Å². The van der Waals surface area contributed by atoms with Crippen LogP contribution in [-0.4, -0.2) is 13.4 Å². The second-order valence-electron chi connectivity index (χ2n) is 3.63. The lowest BCUT2D eigenvalue weighted by Gasteiger charge is -2.05. The van der Waals surface area contributed by atoms with Gasteiger partial charge >= 0.3 is 0 Å². The van der Waals surface area contributed by atoms with E-state index in [9.17, 15) is 12.8 Å². The van der Waals surface area contributed by atoms with Crippen molar-refractivity contribution in [2.24, 2.45) is 0 Å². The minimum Gasteiger partial charge on any atom is -0.248 e. The first-order valence-electron chi connectivity index (χ1n) is 5.15. The number of hydrogen-bond acceptors (Lipinski definition) is 4. The number of halogens is 1. The van der Waals surface area contributed by atoms with Crippen molar-refractivity contribution in [1.29, 1.82) is 0 Å². The van der Waals surface area contributed by atoms with Crippen LogP contribution in [0.5, 0.6) is 0 Å². The van der Waals surface area contributed by atoms with Gasteiger partial charge in [-0.05, 0) is 17.7 Å². The summed E-state index contributed by atoms with van der Waals surface area (Å²) in [6.07, 6.45) is 1.62. The molecule has 1 heterocycles. The smallest absolute Gasteiger partial charge is 0.216 e. The monoisotopic (exact) mass is 286 g/mol. The molecule has 1 N–H and O–H groups in total. The second kappa shape index (κ2) is 5.55. The topological polar surface area (TPSA) is 59.1 Å². The molecule has 0 aliphatic heterocycles. The Morgan fingerprint density at radius 3 is 2.61 bits per heavy atom. The molecule has 0 saturated carbocycles. The fourth-order valence-electron chi connectivity index (χ4n) is 1.36. The molecule has 2 rings (SSSR count). The number of thiazole rings is 1. The highest BCUT2D eigenvalue weighted by Gasteiger charge is 2.11. The molecule has 0 spiro atoms. The van der Waals surface area contributed by atoms with E-state index in [2.05, 4.69) is 9.71 Å². The number of hydrogen-bond donors (Lipinski definition) is 1. The quantitative estimate of drug-likeness (QED) is 0.913. The maximum atomic E-state index is 12.7. The summed E-state index contributed by atoms with van der Waals surface area (Å²) >= 11 is 1.38. The van der Waals surface area contributed by atoms with Gasteiger partial charge in [0.25, 0.3) is 0 Å². The largest absolute Gasteiger partial charge is 0.248 e. The van der Waals surface area contributed by atoms with Crippen molar-refractivity contribution in [3.8, 4) is 0 Å². The van der Waals surface area contributed by atoms with Crippen molar-refractivity contribution < 1.29 is 12.8 Å². The van der Waals surface area contributed by atoms with E-state index in [0.29, 0.717) is 10.6 Å². The first-order valence-corrected chi connectivity index (χ1v) is 7.68. The van der Waals surface area contributed by atoms with Crippen molar-refractivity contribution in [3.63, 3.8) is 0 Å². The Morgan fingerprint density at radius 2 is 2.00 bits per heavy atom.